The van der Waals surface area contributed by atoms with E-state index >= 15 is 0 Å². The van der Waals surface area contributed by atoms with Crippen molar-refractivity contribution in [2.45, 2.75) is 97.2 Å². The lowest BCUT2D eigenvalue weighted by atomic mass is 9.43. The van der Waals surface area contributed by atoms with Crippen LogP contribution in [-0.2, 0) is 4.79 Å². The molecule has 4 fully saturated rings. The summed E-state index contributed by atoms with van der Waals surface area (Å²) in [5, 5.41) is 33.4. The van der Waals surface area contributed by atoms with E-state index in [9.17, 15) is 15.0 Å². The lowest BCUT2D eigenvalue weighted by Crippen LogP contribution is -2.58. The summed E-state index contributed by atoms with van der Waals surface area (Å²) in [4.78, 5) is 10.7. The van der Waals surface area contributed by atoms with E-state index in [1.807, 2.05) is 0 Å². The molecule has 0 unspecified atom stereocenters. The fraction of sp³-hybridized carbons (Fsp3) is 0.962. The normalized spacial score (nSPS) is 47.8. The van der Waals surface area contributed by atoms with Gasteiger partial charge in [0.2, 0.25) is 0 Å². The zero-order valence-corrected chi connectivity index (χ0v) is 19.9. The summed E-state index contributed by atoms with van der Waals surface area (Å²) in [5.74, 6) is 2.72. The molecule has 4 aliphatic carbocycles. The number of carboxylic acids is 1. The van der Waals surface area contributed by atoms with Gasteiger partial charge in [-0.3, -0.25) is 4.79 Å². The summed E-state index contributed by atoms with van der Waals surface area (Å²) >= 11 is 0. The minimum absolute atomic E-state index is 0.0509. The van der Waals surface area contributed by atoms with E-state index in [-0.39, 0.29) is 18.8 Å². The van der Waals surface area contributed by atoms with Crippen molar-refractivity contribution >= 4 is 5.97 Å². The third-order valence-corrected chi connectivity index (χ3v) is 10.7. The van der Waals surface area contributed by atoms with Gasteiger partial charge < -0.3 is 20.6 Å². The van der Waals surface area contributed by atoms with Crippen molar-refractivity contribution in [3.8, 4) is 0 Å². The second-order valence-corrected chi connectivity index (χ2v) is 12.1. The van der Waals surface area contributed by atoms with E-state index < -0.39 is 5.97 Å². The molecule has 0 aliphatic heterocycles. The fourth-order valence-electron chi connectivity index (χ4n) is 9.12. The molecule has 4 saturated carbocycles. The number of aliphatic hydroxyl groups is 2. The third-order valence-electron chi connectivity index (χ3n) is 10.7. The molecular formula is C26H45NO4. The smallest absolute Gasteiger partial charge is 0.317 e. The number of carboxylic acid groups (broad SMARTS) is 1. The Morgan fingerprint density at radius 2 is 1.74 bits per heavy atom. The van der Waals surface area contributed by atoms with Gasteiger partial charge in [0, 0.05) is 0 Å². The fourth-order valence-corrected chi connectivity index (χ4v) is 9.12. The minimum Gasteiger partial charge on any atom is -0.480 e. The second kappa shape index (κ2) is 8.95. The van der Waals surface area contributed by atoms with Crippen LogP contribution < -0.4 is 5.32 Å². The summed E-state index contributed by atoms with van der Waals surface area (Å²) < 4.78 is 0. The number of hydrogen-bond acceptors (Lipinski definition) is 4. The second-order valence-electron chi connectivity index (χ2n) is 12.1. The molecule has 0 amide bonds. The van der Waals surface area contributed by atoms with Gasteiger partial charge in [-0.1, -0.05) is 20.8 Å². The summed E-state index contributed by atoms with van der Waals surface area (Å²) in [7, 11) is 0. The van der Waals surface area contributed by atoms with E-state index in [4.69, 9.17) is 5.11 Å². The molecule has 4 rings (SSSR count). The number of aliphatic carboxylic acids is 1. The van der Waals surface area contributed by atoms with Crippen molar-refractivity contribution in [3.05, 3.63) is 0 Å². The number of aliphatic hydroxyl groups excluding tert-OH is 2. The van der Waals surface area contributed by atoms with E-state index in [1.54, 1.807) is 0 Å². The molecular weight excluding hydrogens is 390 g/mol. The van der Waals surface area contributed by atoms with Crippen molar-refractivity contribution in [1.29, 1.82) is 0 Å². The minimum atomic E-state index is -0.787. The highest BCUT2D eigenvalue weighted by Crippen LogP contribution is 2.68. The molecule has 178 valence electrons. The molecule has 4 N–H and O–H groups in total. The lowest BCUT2D eigenvalue weighted by molar-refractivity contribution is -0.174. The van der Waals surface area contributed by atoms with E-state index in [2.05, 4.69) is 26.1 Å². The van der Waals surface area contributed by atoms with E-state index in [0.29, 0.717) is 46.3 Å². The molecule has 0 heterocycles. The first kappa shape index (κ1) is 23.5. The van der Waals surface area contributed by atoms with Gasteiger partial charge in [0.1, 0.15) is 0 Å². The summed E-state index contributed by atoms with van der Waals surface area (Å²) in [6, 6.07) is 0. The molecule has 0 saturated heterocycles. The molecule has 0 aromatic carbocycles. The Kier molecular flexibility index (Phi) is 6.78. The highest BCUT2D eigenvalue weighted by atomic mass is 16.4. The highest BCUT2D eigenvalue weighted by molar-refractivity contribution is 5.68. The van der Waals surface area contributed by atoms with Crippen LogP contribution in [0.5, 0.6) is 0 Å². The van der Waals surface area contributed by atoms with Crippen LogP contribution in [0.4, 0.5) is 0 Å². The van der Waals surface area contributed by atoms with Crippen molar-refractivity contribution in [3.63, 3.8) is 0 Å². The Balaban J connectivity index is 1.42. The Morgan fingerprint density at radius 1 is 1.03 bits per heavy atom. The van der Waals surface area contributed by atoms with Crippen LogP contribution in [0.25, 0.3) is 0 Å². The maximum atomic E-state index is 11.3. The van der Waals surface area contributed by atoms with Gasteiger partial charge in [-0.15, -0.1) is 0 Å². The van der Waals surface area contributed by atoms with Crippen molar-refractivity contribution < 1.29 is 20.1 Å². The molecule has 31 heavy (non-hydrogen) atoms. The average Bonchev–Trinajstić information content (AvgIpc) is 3.06. The van der Waals surface area contributed by atoms with Crippen LogP contribution in [0, 0.1) is 46.3 Å². The molecule has 0 aromatic rings. The van der Waals surface area contributed by atoms with Crippen LogP contribution in [-0.4, -0.2) is 46.6 Å². The summed E-state index contributed by atoms with van der Waals surface area (Å²) in [6.07, 6.45) is 10.7. The topological polar surface area (TPSA) is 89.8 Å². The molecule has 0 bridgehead atoms. The molecule has 0 aromatic heterocycles. The number of nitrogens with one attached hydrogen (secondary N) is 1. The third kappa shape index (κ3) is 4.19. The van der Waals surface area contributed by atoms with Gasteiger partial charge in [0.05, 0.1) is 18.8 Å². The number of fused-ring (bicyclic) bond motifs is 5. The van der Waals surface area contributed by atoms with Crippen LogP contribution in [0.15, 0.2) is 0 Å². The molecule has 10 atom stereocenters. The average molecular weight is 436 g/mol. The van der Waals surface area contributed by atoms with Crippen LogP contribution in [0.3, 0.4) is 0 Å². The Labute approximate surface area is 188 Å². The lowest BCUT2D eigenvalue weighted by Gasteiger charge is -2.62. The predicted molar refractivity (Wildman–Crippen MR) is 122 cm³/mol. The number of hydrogen-bond donors (Lipinski definition) is 4. The Bertz CT molecular complexity index is 655. The maximum absolute atomic E-state index is 11.3. The predicted octanol–water partition coefficient (Wildman–Crippen LogP) is 4.07. The number of carbonyl (C=O) groups is 1. The van der Waals surface area contributed by atoms with Crippen LogP contribution in [0.2, 0.25) is 0 Å². The molecule has 5 nitrogen and oxygen atoms in total. The quantitative estimate of drug-likeness (QED) is 0.453. The molecule has 0 radical (unpaired) electrons. The largest absolute Gasteiger partial charge is 0.480 e. The van der Waals surface area contributed by atoms with Gasteiger partial charge >= 0.3 is 5.97 Å². The monoisotopic (exact) mass is 435 g/mol. The molecule has 4 aliphatic rings. The number of rotatable bonds is 7. The highest BCUT2D eigenvalue weighted by Gasteiger charge is 2.62. The van der Waals surface area contributed by atoms with Crippen molar-refractivity contribution in [1.82, 2.24) is 5.32 Å². The molecule has 0 spiro atoms. The Hall–Kier alpha value is -0.650. The standard InChI is InChI=1S/C26H45NO4/c1-16(5-4-12-27-15-23(30)31)19-6-7-20-24-21(9-11-26(19,20)3)25(2)10-8-18(28)13-17(25)14-22(24)29/h16-22,24,27-29H,4-15H2,1-3H3,(H,30,31)/t16-,17+,18-,19-,20+,21+,22-,24+,25+,26-/m1/s1. The van der Waals surface area contributed by atoms with Gasteiger partial charge in [0.25, 0.3) is 0 Å². The van der Waals surface area contributed by atoms with Crippen LogP contribution >= 0.6 is 0 Å². The zero-order chi connectivity index (χ0) is 22.4. The van der Waals surface area contributed by atoms with Crippen molar-refractivity contribution in [2.24, 2.45) is 46.3 Å². The first-order valence-electron chi connectivity index (χ1n) is 13.0. The van der Waals surface area contributed by atoms with Gasteiger partial charge in [0.15, 0.2) is 0 Å². The summed E-state index contributed by atoms with van der Waals surface area (Å²) in [6.45, 7) is 8.23. The van der Waals surface area contributed by atoms with E-state index in [1.165, 1.54) is 25.7 Å². The van der Waals surface area contributed by atoms with Crippen LogP contribution in [0.1, 0.15) is 85.0 Å². The maximum Gasteiger partial charge on any atom is 0.317 e. The Morgan fingerprint density at radius 3 is 2.48 bits per heavy atom. The SMILES string of the molecule is C[C@H](CCCNCC(=O)O)[C@H]1CC[C@H]2[C@@H]3[C@H](O)C[C@@H]4C[C@H](O)CC[C@]4(C)[C@H]3CC[C@]12C. The molecule has 5 heteroatoms. The van der Waals surface area contributed by atoms with Crippen molar-refractivity contribution in [2.75, 3.05) is 13.1 Å². The summed E-state index contributed by atoms with van der Waals surface area (Å²) in [5.41, 5.74) is 0.622. The van der Waals surface area contributed by atoms with Gasteiger partial charge in [-0.05, 0) is 117 Å². The first-order chi connectivity index (χ1) is 14.7. The van der Waals surface area contributed by atoms with Gasteiger partial charge in [-0.25, -0.2) is 0 Å². The van der Waals surface area contributed by atoms with Gasteiger partial charge in [-0.2, -0.15) is 0 Å². The first-order valence-corrected chi connectivity index (χ1v) is 13.0. The van der Waals surface area contributed by atoms with E-state index in [0.717, 1.165) is 45.1 Å². The zero-order valence-electron chi connectivity index (χ0n) is 19.9.